The highest BCUT2D eigenvalue weighted by molar-refractivity contribution is 9.10. The summed E-state index contributed by atoms with van der Waals surface area (Å²) in [5.41, 5.74) is 2.42. The summed E-state index contributed by atoms with van der Waals surface area (Å²) in [6.07, 6.45) is 11.4. The van der Waals surface area contributed by atoms with Gasteiger partial charge in [0.05, 0.1) is 16.3 Å². The van der Waals surface area contributed by atoms with Gasteiger partial charge in [-0.1, -0.05) is 56.0 Å². The number of allylic oxidation sites excluding steroid dienone is 5. The molecule has 0 spiro atoms. The zero-order valence-corrected chi connectivity index (χ0v) is 17.3. The molecule has 0 saturated carbocycles. The summed E-state index contributed by atoms with van der Waals surface area (Å²) in [4.78, 5) is 16.8. The van der Waals surface area contributed by atoms with E-state index in [9.17, 15) is 4.79 Å². The van der Waals surface area contributed by atoms with E-state index in [-0.39, 0.29) is 5.91 Å². The molecule has 0 heterocycles. The summed E-state index contributed by atoms with van der Waals surface area (Å²) < 4.78 is 0.760. The minimum Gasteiger partial charge on any atom is -0.322 e. The number of halogens is 2. The summed E-state index contributed by atoms with van der Waals surface area (Å²) >= 11 is 9.37. The molecule has 0 aliphatic heterocycles. The molecule has 136 valence electrons. The first-order chi connectivity index (χ1) is 12.4. The molecule has 1 aromatic rings. The maximum absolute atomic E-state index is 12.5. The van der Waals surface area contributed by atoms with Gasteiger partial charge in [0.2, 0.25) is 0 Å². The molecule has 1 N–H and O–H groups in total. The van der Waals surface area contributed by atoms with Crippen molar-refractivity contribution < 1.29 is 4.79 Å². The van der Waals surface area contributed by atoms with E-state index in [0.29, 0.717) is 22.0 Å². The Morgan fingerprint density at radius 1 is 1.38 bits per heavy atom. The summed E-state index contributed by atoms with van der Waals surface area (Å²) in [6.45, 7) is 11.6. The second-order valence-corrected chi connectivity index (χ2v) is 6.46. The van der Waals surface area contributed by atoms with Crippen LogP contribution in [0.4, 0.5) is 5.69 Å². The molecule has 1 rings (SSSR count). The van der Waals surface area contributed by atoms with E-state index in [2.05, 4.69) is 46.3 Å². The highest BCUT2D eigenvalue weighted by atomic mass is 79.9. The minimum atomic E-state index is -0.314. The average molecular weight is 434 g/mol. The Hall–Kier alpha value is -2.17. The molecule has 0 aliphatic carbocycles. The van der Waals surface area contributed by atoms with Crippen LogP contribution in [0, 0.1) is 0 Å². The van der Waals surface area contributed by atoms with Crippen LogP contribution in [0.5, 0.6) is 0 Å². The van der Waals surface area contributed by atoms with Gasteiger partial charge in [-0.3, -0.25) is 9.79 Å². The Balaban J connectivity index is 2.94. The fourth-order valence-electron chi connectivity index (χ4n) is 1.91. The number of anilines is 1. The third-order valence-electron chi connectivity index (χ3n) is 3.27. The van der Waals surface area contributed by atoms with Crippen LogP contribution >= 0.6 is 27.5 Å². The highest BCUT2D eigenvalue weighted by Gasteiger charge is 2.09. The molecule has 0 unspecified atom stereocenters. The number of benzene rings is 1. The highest BCUT2D eigenvalue weighted by Crippen LogP contribution is 2.25. The zero-order valence-electron chi connectivity index (χ0n) is 14.9. The lowest BCUT2D eigenvalue weighted by Gasteiger charge is -2.07. The third kappa shape index (κ3) is 6.98. The molecule has 0 saturated heterocycles. The molecule has 0 radical (unpaired) electrons. The van der Waals surface area contributed by atoms with E-state index in [4.69, 9.17) is 11.6 Å². The van der Waals surface area contributed by atoms with E-state index in [1.807, 2.05) is 25.2 Å². The van der Waals surface area contributed by atoms with Crippen LogP contribution in [-0.2, 0) is 4.79 Å². The van der Waals surface area contributed by atoms with Gasteiger partial charge in [0.25, 0.3) is 5.91 Å². The topological polar surface area (TPSA) is 41.5 Å². The predicted molar refractivity (Wildman–Crippen MR) is 117 cm³/mol. The van der Waals surface area contributed by atoms with Gasteiger partial charge in [-0.2, -0.15) is 0 Å². The lowest BCUT2D eigenvalue weighted by molar-refractivity contribution is -0.112. The predicted octanol–water partition coefficient (Wildman–Crippen LogP) is 6.65. The van der Waals surface area contributed by atoms with Crippen LogP contribution in [0.15, 0.2) is 88.0 Å². The Morgan fingerprint density at radius 3 is 2.69 bits per heavy atom. The molecule has 1 aromatic carbocycles. The van der Waals surface area contributed by atoms with E-state index >= 15 is 0 Å². The molecule has 0 aliphatic rings. The van der Waals surface area contributed by atoms with Gasteiger partial charge in [-0.25, -0.2) is 0 Å². The Labute approximate surface area is 168 Å². The van der Waals surface area contributed by atoms with Gasteiger partial charge in [0.1, 0.15) is 0 Å². The monoisotopic (exact) mass is 432 g/mol. The van der Waals surface area contributed by atoms with Crippen molar-refractivity contribution in [2.45, 2.75) is 20.3 Å². The standard InChI is InChI=1S/C21H22BrClN2O/c1-5-8-10-16(7-3)15(4)24-14-17(9-6-2)21(26)25-18-11-12-19(22)20(23)13-18/h6-14H,2,4-5H2,1,3H3,(H,25,26)/b10-8-,16-7+,17-9+,24-14?. The van der Waals surface area contributed by atoms with Crippen LogP contribution in [0.25, 0.3) is 0 Å². The molecule has 0 bridgehead atoms. The molecular weight excluding hydrogens is 412 g/mol. The summed E-state index contributed by atoms with van der Waals surface area (Å²) in [7, 11) is 0. The maximum atomic E-state index is 12.5. The van der Waals surface area contributed by atoms with Gasteiger partial charge in [-0.15, -0.1) is 0 Å². The summed E-state index contributed by atoms with van der Waals surface area (Å²) in [6, 6.07) is 5.19. The number of carbonyl (C=O) groups excluding carboxylic acids is 1. The van der Waals surface area contributed by atoms with Crippen molar-refractivity contribution in [3.8, 4) is 0 Å². The number of amides is 1. The summed E-state index contributed by atoms with van der Waals surface area (Å²) in [5, 5.41) is 3.30. The normalized spacial score (nSPS) is 12.6. The number of hydrogen-bond donors (Lipinski definition) is 1. The molecule has 1 amide bonds. The van der Waals surface area contributed by atoms with Crippen molar-refractivity contribution in [1.82, 2.24) is 0 Å². The first kappa shape index (κ1) is 21.9. The number of aliphatic imine (C=N–C) groups is 1. The number of nitrogens with zero attached hydrogens (tertiary/aromatic N) is 1. The first-order valence-electron chi connectivity index (χ1n) is 8.08. The van der Waals surface area contributed by atoms with Gasteiger partial charge >= 0.3 is 0 Å². The van der Waals surface area contributed by atoms with Crippen molar-refractivity contribution in [3.05, 3.63) is 88.1 Å². The number of hydrogen-bond acceptors (Lipinski definition) is 2. The second-order valence-electron chi connectivity index (χ2n) is 5.20. The fraction of sp³-hybridized carbons (Fsp3) is 0.143. The van der Waals surface area contributed by atoms with Crippen molar-refractivity contribution in [2.24, 2.45) is 4.99 Å². The quantitative estimate of drug-likeness (QED) is 0.278. The Bertz CT molecular complexity index is 804. The second kappa shape index (κ2) is 11.4. The Morgan fingerprint density at radius 2 is 2.12 bits per heavy atom. The van der Waals surface area contributed by atoms with Crippen molar-refractivity contribution in [1.29, 1.82) is 0 Å². The Kier molecular flexibility index (Phi) is 9.63. The van der Waals surface area contributed by atoms with Crippen LogP contribution in [0.2, 0.25) is 5.02 Å². The van der Waals surface area contributed by atoms with Crippen LogP contribution in [0.1, 0.15) is 20.3 Å². The van der Waals surface area contributed by atoms with Gasteiger partial charge in [0, 0.05) is 16.4 Å². The first-order valence-corrected chi connectivity index (χ1v) is 9.25. The molecular formula is C21H22BrClN2O. The minimum absolute atomic E-state index is 0.314. The van der Waals surface area contributed by atoms with E-state index in [1.165, 1.54) is 12.3 Å². The van der Waals surface area contributed by atoms with Crippen molar-refractivity contribution in [3.63, 3.8) is 0 Å². The van der Waals surface area contributed by atoms with Crippen LogP contribution in [0.3, 0.4) is 0 Å². The third-order valence-corrected chi connectivity index (χ3v) is 4.51. The largest absolute Gasteiger partial charge is 0.322 e. The number of rotatable bonds is 8. The molecule has 0 atom stereocenters. The van der Waals surface area contributed by atoms with E-state index < -0.39 is 0 Å². The zero-order chi connectivity index (χ0) is 19.5. The fourth-order valence-corrected chi connectivity index (χ4v) is 2.33. The smallest absolute Gasteiger partial charge is 0.257 e. The molecule has 0 aromatic heterocycles. The SMILES string of the molecule is C=C/C=C(\C=NC(=C)C(/C=C\CC)=C/C)C(=O)Nc1ccc(Br)c(Cl)c1. The van der Waals surface area contributed by atoms with Crippen molar-refractivity contribution >= 4 is 45.3 Å². The van der Waals surface area contributed by atoms with E-state index in [0.717, 1.165) is 16.5 Å². The molecule has 3 nitrogen and oxygen atoms in total. The lowest BCUT2D eigenvalue weighted by Crippen LogP contribution is -2.15. The van der Waals surface area contributed by atoms with Crippen molar-refractivity contribution in [2.75, 3.05) is 5.32 Å². The molecule has 26 heavy (non-hydrogen) atoms. The van der Waals surface area contributed by atoms with E-state index in [1.54, 1.807) is 24.3 Å². The molecule has 0 fully saturated rings. The van der Waals surface area contributed by atoms with Crippen LogP contribution in [-0.4, -0.2) is 12.1 Å². The maximum Gasteiger partial charge on any atom is 0.257 e. The lowest BCUT2D eigenvalue weighted by atomic mass is 10.1. The van der Waals surface area contributed by atoms with Gasteiger partial charge < -0.3 is 5.32 Å². The van der Waals surface area contributed by atoms with Crippen LogP contribution < -0.4 is 5.32 Å². The number of nitrogens with one attached hydrogen (secondary N) is 1. The number of carbonyl (C=O) groups is 1. The van der Waals surface area contributed by atoms with Gasteiger partial charge in [-0.05, 0) is 59.1 Å². The average Bonchev–Trinajstić information content (AvgIpc) is 2.62. The summed E-state index contributed by atoms with van der Waals surface area (Å²) in [5.74, 6) is -0.314. The van der Waals surface area contributed by atoms with Gasteiger partial charge in [0.15, 0.2) is 0 Å². The molecule has 5 heteroatoms.